The zero-order chi connectivity index (χ0) is 9.80. The Kier molecular flexibility index (Phi) is 3.34. The number of ether oxygens (including phenoxy) is 1. The molecule has 1 aromatic rings. The number of rotatable bonds is 4. The summed E-state index contributed by atoms with van der Waals surface area (Å²) in [6, 6.07) is 0. The summed E-state index contributed by atoms with van der Waals surface area (Å²) in [6.07, 6.45) is 1.94. The van der Waals surface area contributed by atoms with Gasteiger partial charge in [-0.05, 0) is 13.0 Å². The van der Waals surface area contributed by atoms with E-state index in [1.165, 1.54) is 10.6 Å². The first-order valence-corrected chi connectivity index (χ1v) is 5.72. The van der Waals surface area contributed by atoms with Gasteiger partial charge in [0.1, 0.15) is 0 Å². The molecule has 0 radical (unpaired) electrons. The Bertz CT molecular complexity index is 277. The van der Waals surface area contributed by atoms with Crippen LogP contribution in [0.2, 0.25) is 0 Å². The van der Waals surface area contributed by atoms with Crippen molar-refractivity contribution in [2.45, 2.75) is 19.4 Å². The van der Waals surface area contributed by atoms with E-state index in [9.17, 15) is 0 Å². The van der Waals surface area contributed by atoms with Gasteiger partial charge in [0, 0.05) is 13.0 Å². The minimum atomic E-state index is 0.723. The van der Waals surface area contributed by atoms with E-state index in [-0.39, 0.29) is 0 Å². The Balaban J connectivity index is 1.94. The van der Waals surface area contributed by atoms with E-state index in [4.69, 9.17) is 10.5 Å². The molecule has 0 aromatic carbocycles. The molecule has 2 heterocycles. The van der Waals surface area contributed by atoms with Crippen LogP contribution in [0.25, 0.3) is 0 Å². The maximum absolute atomic E-state index is 5.41. The standard InChI is InChI=1S/C9H15N3OS/c10-3-1-4-11-9-12-7-2-5-13-6-8(7)14-9/h1-6,10H2,(H,11,12). The Morgan fingerprint density at radius 1 is 1.57 bits per heavy atom. The first-order valence-electron chi connectivity index (χ1n) is 4.90. The molecular formula is C9H15N3OS. The fourth-order valence-corrected chi connectivity index (χ4v) is 2.37. The lowest BCUT2D eigenvalue weighted by Crippen LogP contribution is -2.09. The van der Waals surface area contributed by atoms with Crippen molar-refractivity contribution >= 4 is 16.5 Å². The number of thiazole rings is 1. The molecule has 1 aromatic heterocycles. The molecule has 4 nitrogen and oxygen atoms in total. The SMILES string of the molecule is NCCCNc1nc2c(s1)COCC2. The Morgan fingerprint density at radius 2 is 2.50 bits per heavy atom. The molecule has 0 amide bonds. The van der Waals surface area contributed by atoms with Gasteiger partial charge >= 0.3 is 0 Å². The summed E-state index contributed by atoms with van der Waals surface area (Å²) in [4.78, 5) is 5.78. The molecular weight excluding hydrogens is 198 g/mol. The molecule has 0 atom stereocenters. The summed E-state index contributed by atoms with van der Waals surface area (Å²) in [5, 5.41) is 4.28. The number of nitrogens with two attached hydrogens (primary N) is 1. The van der Waals surface area contributed by atoms with Crippen LogP contribution in [-0.2, 0) is 17.8 Å². The van der Waals surface area contributed by atoms with E-state index < -0.39 is 0 Å². The zero-order valence-electron chi connectivity index (χ0n) is 8.08. The van der Waals surface area contributed by atoms with Crippen molar-refractivity contribution in [3.63, 3.8) is 0 Å². The monoisotopic (exact) mass is 213 g/mol. The number of fused-ring (bicyclic) bond motifs is 1. The van der Waals surface area contributed by atoms with E-state index >= 15 is 0 Å². The van der Waals surface area contributed by atoms with Crippen LogP contribution in [-0.4, -0.2) is 24.7 Å². The number of aromatic nitrogens is 1. The van der Waals surface area contributed by atoms with Crippen molar-refractivity contribution in [2.24, 2.45) is 5.73 Å². The van der Waals surface area contributed by atoms with Crippen LogP contribution >= 0.6 is 11.3 Å². The van der Waals surface area contributed by atoms with Crippen molar-refractivity contribution in [2.75, 3.05) is 25.0 Å². The van der Waals surface area contributed by atoms with Gasteiger partial charge < -0.3 is 15.8 Å². The highest BCUT2D eigenvalue weighted by atomic mass is 32.1. The van der Waals surface area contributed by atoms with Crippen LogP contribution in [0.5, 0.6) is 0 Å². The predicted octanol–water partition coefficient (Wildman–Crippen LogP) is 0.976. The highest BCUT2D eigenvalue weighted by Crippen LogP contribution is 2.26. The molecule has 1 aliphatic heterocycles. The average Bonchev–Trinajstić information content (AvgIpc) is 2.60. The topological polar surface area (TPSA) is 60.2 Å². The molecule has 2 rings (SSSR count). The van der Waals surface area contributed by atoms with E-state index in [1.54, 1.807) is 11.3 Å². The summed E-state index contributed by atoms with van der Waals surface area (Å²) in [6.45, 7) is 3.16. The molecule has 0 fully saturated rings. The molecule has 3 N–H and O–H groups in total. The molecule has 78 valence electrons. The molecule has 0 bridgehead atoms. The van der Waals surface area contributed by atoms with E-state index in [0.29, 0.717) is 0 Å². The van der Waals surface area contributed by atoms with Crippen LogP contribution < -0.4 is 11.1 Å². The third-order valence-corrected chi connectivity index (χ3v) is 3.18. The van der Waals surface area contributed by atoms with E-state index in [2.05, 4.69) is 10.3 Å². The largest absolute Gasteiger partial charge is 0.375 e. The second kappa shape index (κ2) is 4.72. The Hall–Kier alpha value is -0.650. The number of nitrogens with zero attached hydrogens (tertiary/aromatic N) is 1. The summed E-state index contributed by atoms with van der Waals surface area (Å²) < 4.78 is 5.36. The van der Waals surface area contributed by atoms with Gasteiger partial charge in [0.25, 0.3) is 0 Å². The number of hydrogen-bond acceptors (Lipinski definition) is 5. The summed E-state index contributed by atoms with van der Waals surface area (Å²) >= 11 is 1.70. The second-order valence-electron chi connectivity index (χ2n) is 3.26. The third kappa shape index (κ3) is 2.23. The first-order chi connectivity index (χ1) is 6.90. The summed E-state index contributed by atoms with van der Waals surface area (Å²) in [7, 11) is 0. The minimum absolute atomic E-state index is 0.723. The van der Waals surface area contributed by atoms with Crippen molar-refractivity contribution in [1.29, 1.82) is 0 Å². The minimum Gasteiger partial charge on any atom is -0.375 e. The van der Waals surface area contributed by atoms with E-state index in [0.717, 1.165) is 44.3 Å². The average molecular weight is 213 g/mol. The maximum atomic E-state index is 5.41. The molecule has 1 aliphatic rings. The molecule has 0 saturated carbocycles. The van der Waals surface area contributed by atoms with E-state index in [1.807, 2.05) is 0 Å². The zero-order valence-corrected chi connectivity index (χ0v) is 8.90. The van der Waals surface area contributed by atoms with Crippen molar-refractivity contribution in [1.82, 2.24) is 4.98 Å². The van der Waals surface area contributed by atoms with Crippen molar-refractivity contribution in [3.05, 3.63) is 10.6 Å². The van der Waals surface area contributed by atoms with Gasteiger partial charge in [-0.15, -0.1) is 0 Å². The number of anilines is 1. The Labute approximate surface area is 87.5 Å². The normalized spacial score (nSPS) is 15.2. The van der Waals surface area contributed by atoms with Gasteiger partial charge in [0.05, 0.1) is 23.8 Å². The highest BCUT2D eigenvalue weighted by Gasteiger charge is 2.14. The van der Waals surface area contributed by atoms with Crippen LogP contribution in [0, 0.1) is 0 Å². The molecule has 0 saturated heterocycles. The van der Waals surface area contributed by atoms with Gasteiger partial charge in [0.2, 0.25) is 0 Å². The molecule has 0 unspecified atom stereocenters. The number of hydrogen-bond donors (Lipinski definition) is 2. The van der Waals surface area contributed by atoms with Gasteiger partial charge in [-0.3, -0.25) is 0 Å². The van der Waals surface area contributed by atoms with Crippen LogP contribution in [0.1, 0.15) is 17.0 Å². The van der Waals surface area contributed by atoms with Crippen LogP contribution in [0.3, 0.4) is 0 Å². The fourth-order valence-electron chi connectivity index (χ4n) is 1.40. The van der Waals surface area contributed by atoms with Crippen LogP contribution in [0.15, 0.2) is 0 Å². The van der Waals surface area contributed by atoms with Gasteiger partial charge in [0.15, 0.2) is 5.13 Å². The fraction of sp³-hybridized carbons (Fsp3) is 0.667. The molecule has 0 aliphatic carbocycles. The van der Waals surface area contributed by atoms with Gasteiger partial charge in [-0.25, -0.2) is 4.98 Å². The quantitative estimate of drug-likeness (QED) is 0.732. The first kappa shape index (κ1) is 9.89. The lowest BCUT2D eigenvalue weighted by molar-refractivity contribution is 0.112. The molecule has 5 heteroatoms. The molecule has 0 spiro atoms. The third-order valence-electron chi connectivity index (χ3n) is 2.15. The predicted molar refractivity (Wildman–Crippen MR) is 57.6 cm³/mol. The van der Waals surface area contributed by atoms with Crippen molar-refractivity contribution < 1.29 is 4.74 Å². The number of nitrogens with one attached hydrogen (secondary N) is 1. The summed E-state index contributed by atoms with van der Waals surface area (Å²) in [5.41, 5.74) is 6.62. The van der Waals surface area contributed by atoms with Gasteiger partial charge in [-0.1, -0.05) is 11.3 Å². The van der Waals surface area contributed by atoms with Crippen molar-refractivity contribution in [3.8, 4) is 0 Å². The van der Waals surface area contributed by atoms with Crippen LogP contribution in [0.4, 0.5) is 5.13 Å². The lowest BCUT2D eigenvalue weighted by Gasteiger charge is -2.08. The smallest absolute Gasteiger partial charge is 0.183 e. The molecule has 14 heavy (non-hydrogen) atoms. The highest BCUT2D eigenvalue weighted by molar-refractivity contribution is 7.15. The van der Waals surface area contributed by atoms with Gasteiger partial charge in [-0.2, -0.15) is 0 Å². The lowest BCUT2D eigenvalue weighted by atomic mass is 10.2. The Morgan fingerprint density at radius 3 is 3.29 bits per heavy atom. The maximum Gasteiger partial charge on any atom is 0.183 e. The second-order valence-corrected chi connectivity index (χ2v) is 4.34. The summed E-state index contributed by atoms with van der Waals surface area (Å²) in [5.74, 6) is 0.